The summed E-state index contributed by atoms with van der Waals surface area (Å²) in [6.07, 6.45) is -2.65. The maximum atomic E-state index is 13.6. The van der Waals surface area contributed by atoms with Crippen molar-refractivity contribution in [3.63, 3.8) is 0 Å². The first-order chi connectivity index (χ1) is 19.4. The number of anilines is 2. The quantitative estimate of drug-likeness (QED) is 0.465. The summed E-state index contributed by atoms with van der Waals surface area (Å²) in [7, 11) is -3.46. The van der Waals surface area contributed by atoms with Gasteiger partial charge in [-0.3, -0.25) is 9.59 Å². The molecule has 3 heterocycles. The molecular formula is C27H28F3N5O5S. The van der Waals surface area contributed by atoms with Crippen molar-refractivity contribution in [2.75, 3.05) is 49.2 Å². The van der Waals surface area contributed by atoms with Crippen molar-refractivity contribution in [3.8, 4) is 11.5 Å². The molecule has 0 saturated carbocycles. The van der Waals surface area contributed by atoms with Crippen molar-refractivity contribution < 1.29 is 35.6 Å². The number of aromatic nitrogens is 1. The highest BCUT2D eigenvalue weighted by molar-refractivity contribution is 7.88. The van der Waals surface area contributed by atoms with Crippen molar-refractivity contribution in [3.05, 3.63) is 66.1 Å². The molecule has 218 valence electrons. The number of halogens is 3. The highest BCUT2D eigenvalue weighted by Crippen LogP contribution is 2.35. The van der Waals surface area contributed by atoms with E-state index in [0.717, 1.165) is 11.9 Å². The smallest absolute Gasteiger partial charge is 0.431 e. The van der Waals surface area contributed by atoms with Crippen LogP contribution in [0.4, 0.5) is 24.5 Å². The van der Waals surface area contributed by atoms with E-state index >= 15 is 0 Å². The Labute approximate surface area is 234 Å². The number of rotatable bonds is 6. The van der Waals surface area contributed by atoms with Gasteiger partial charge in [0, 0.05) is 49.7 Å². The number of carbonyl (C=O) groups is 2. The van der Waals surface area contributed by atoms with Crippen LogP contribution in [-0.2, 0) is 21.0 Å². The Morgan fingerprint density at radius 2 is 1.63 bits per heavy atom. The van der Waals surface area contributed by atoms with Crippen LogP contribution in [0.15, 0.2) is 59.0 Å². The largest absolute Gasteiger partial charge is 0.452 e. The fourth-order valence-electron chi connectivity index (χ4n) is 5.10. The Kier molecular flexibility index (Phi) is 7.79. The predicted octanol–water partition coefficient (Wildman–Crippen LogP) is 3.69. The van der Waals surface area contributed by atoms with Gasteiger partial charge in [-0.1, -0.05) is 18.2 Å². The van der Waals surface area contributed by atoms with Gasteiger partial charge in [0.05, 0.1) is 6.26 Å². The molecular weight excluding hydrogens is 563 g/mol. The molecule has 3 aromatic rings. The van der Waals surface area contributed by atoms with Gasteiger partial charge in [-0.25, -0.2) is 13.4 Å². The lowest BCUT2D eigenvalue weighted by atomic mass is 10.1. The molecule has 5 rings (SSSR count). The number of hydrogen-bond acceptors (Lipinski definition) is 7. The van der Waals surface area contributed by atoms with Crippen molar-refractivity contribution in [1.29, 1.82) is 0 Å². The summed E-state index contributed by atoms with van der Waals surface area (Å²) in [6.45, 7) is 2.21. The van der Waals surface area contributed by atoms with E-state index in [2.05, 4.69) is 10.3 Å². The molecule has 2 fully saturated rings. The van der Waals surface area contributed by atoms with E-state index in [1.807, 2.05) is 4.90 Å². The molecule has 2 aliphatic heterocycles. The zero-order valence-corrected chi connectivity index (χ0v) is 22.9. The van der Waals surface area contributed by atoms with Crippen LogP contribution in [0.1, 0.15) is 29.1 Å². The molecule has 14 heteroatoms. The third-order valence-corrected chi connectivity index (χ3v) is 8.41. The number of amides is 2. The van der Waals surface area contributed by atoms with Gasteiger partial charge in [0.2, 0.25) is 27.6 Å². The third-order valence-electron chi connectivity index (χ3n) is 7.12. The van der Waals surface area contributed by atoms with E-state index in [1.165, 1.54) is 16.4 Å². The minimum atomic E-state index is -4.92. The number of carbonyl (C=O) groups excluding carboxylic acids is 2. The molecule has 2 amide bonds. The van der Waals surface area contributed by atoms with Crippen LogP contribution in [0, 0.1) is 0 Å². The summed E-state index contributed by atoms with van der Waals surface area (Å²) in [6, 6.07) is 13.9. The summed E-state index contributed by atoms with van der Waals surface area (Å²) >= 11 is 0. The number of sulfonamides is 1. The number of piperazine rings is 1. The van der Waals surface area contributed by atoms with Crippen molar-refractivity contribution in [2.24, 2.45) is 0 Å². The molecule has 10 nitrogen and oxygen atoms in total. The lowest BCUT2D eigenvalue weighted by molar-refractivity contribution is -0.153. The summed E-state index contributed by atoms with van der Waals surface area (Å²) in [5, 5.41) is 2.45. The monoisotopic (exact) mass is 591 g/mol. The lowest BCUT2D eigenvalue weighted by Crippen LogP contribution is -2.54. The van der Waals surface area contributed by atoms with Crippen LogP contribution >= 0.6 is 0 Å². The van der Waals surface area contributed by atoms with Crippen LogP contribution in [-0.4, -0.2) is 79.4 Å². The summed E-state index contributed by atoms with van der Waals surface area (Å²) in [5.41, 5.74) is 0.515. The van der Waals surface area contributed by atoms with E-state index < -0.39 is 39.6 Å². The standard InChI is InChI=1S/C27H28F3N5O5S/c1-41(38,39)35-13-5-8-21(35)26(37)34-16-14-33(15-17-34)20-11-9-19(10-12-20)31-24(36)22-23(27(28,29)30)40-25(32-22)18-6-3-2-4-7-18/h2-4,6-7,9-12,21H,5,8,13-17H2,1H3,(H,31,36)/t21-/m0/s1. The molecule has 1 aromatic heterocycles. The summed E-state index contributed by atoms with van der Waals surface area (Å²) < 4.78 is 71.1. The molecule has 0 spiro atoms. The maximum Gasteiger partial charge on any atom is 0.452 e. The van der Waals surface area contributed by atoms with Crippen LogP contribution in [0.5, 0.6) is 0 Å². The average molecular weight is 592 g/mol. The Morgan fingerprint density at radius 3 is 2.24 bits per heavy atom. The van der Waals surface area contributed by atoms with Gasteiger partial charge in [0.25, 0.3) is 5.91 Å². The van der Waals surface area contributed by atoms with Gasteiger partial charge < -0.3 is 19.5 Å². The van der Waals surface area contributed by atoms with Crippen molar-refractivity contribution >= 4 is 33.2 Å². The van der Waals surface area contributed by atoms with E-state index in [0.29, 0.717) is 51.1 Å². The maximum absolute atomic E-state index is 13.6. The van der Waals surface area contributed by atoms with Crippen LogP contribution in [0.3, 0.4) is 0 Å². The first-order valence-corrected chi connectivity index (χ1v) is 14.8. The SMILES string of the molecule is CS(=O)(=O)N1CCC[C@H]1C(=O)N1CCN(c2ccc(NC(=O)c3nc(-c4ccccc4)oc3C(F)(F)F)cc2)CC1. The fourth-order valence-corrected chi connectivity index (χ4v) is 6.21. The fraction of sp³-hybridized carbons (Fsp3) is 0.370. The van der Waals surface area contributed by atoms with E-state index in [-0.39, 0.29) is 17.5 Å². The summed E-state index contributed by atoms with van der Waals surface area (Å²) in [5.74, 6) is -3.03. The molecule has 41 heavy (non-hydrogen) atoms. The number of oxazole rings is 1. The number of benzene rings is 2. The normalized spacial score (nSPS) is 18.5. The van der Waals surface area contributed by atoms with E-state index in [4.69, 9.17) is 4.42 Å². The van der Waals surface area contributed by atoms with Crippen LogP contribution < -0.4 is 10.2 Å². The van der Waals surface area contributed by atoms with Gasteiger partial charge in [-0.2, -0.15) is 17.5 Å². The minimum absolute atomic E-state index is 0.188. The minimum Gasteiger partial charge on any atom is -0.431 e. The first kappa shape index (κ1) is 28.6. The number of alkyl halides is 3. The zero-order valence-electron chi connectivity index (χ0n) is 22.1. The first-order valence-electron chi connectivity index (χ1n) is 13.0. The average Bonchev–Trinajstić information content (AvgIpc) is 3.62. The molecule has 0 radical (unpaired) electrons. The summed E-state index contributed by atoms with van der Waals surface area (Å²) in [4.78, 5) is 33.3. The number of nitrogens with one attached hydrogen (secondary N) is 1. The number of hydrogen-bond donors (Lipinski definition) is 1. The third kappa shape index (κ3) is 6.22. The molecule has 0 aliphatic carbocycles. The Hall–Kier alpha value is -3.91. The van der Waals surface area contributed by atoms with Crippen molar-refractivity contribution in [2.45, 2.75) is 25.1 Å². The second kappa shape index (κ2) is 11.2. The molecule has 1 N–H and O–H groups in total. The molecule has 1 atom stereocenters. The Balaban J connectivity index is 1.22. The molecule has 0 unspecified atom stereocenters. The van der Waals surface area contributed by atoms with Gasteiger partial charge in [0.1, 0.15) is 6.04 Å². The van der Waals surface area contributed by atoms with E-state index in [1.54, 1.807) is 47.4 Å². The second-order valence-electron chi connectivity index (χ2n) is 9.91. The topological polar surface area (TPSA) is 116 Å². The van der Waals surface area contributed by atoms with Crippen LogP contribution in [0.25, 0.3) is 11.5 Å². The van der Waals surface area contributed by atoms with Gasteiger partial charge in [0.15, 0.2) is 5.69 Å². The predicted molar refractivity (Wildman–Crippen MR) is 145 cm³/mol. The van der Waals surface area contributed by atoms with Crippen LogP contribution in [0.2, 0.25) is 0 Å². The molecule has 2 saturated heterocycles. The Morgan fingerprint density at radius 1 is 0.976 bits per heavy atom. The van der Waals surface area contributed by atoms with E-state index in [9.17, 15) is 31.2 Å². The van der Waals surface area contributed by atoms with Gasteiger partial charge >= 0.3 is 6.18 Å². The molecule has 2 aromatic carbocycles. The van der Waals surface area contributed by atoms with Gasteiger partial charge in [-0.15, -0.1) is 0 Å². The Bertz CT molecular complexity index is 1520. The molecule has 2 aliphatic rings. The number of nitrogens with zero attached hydrogens (tertiary/aromatic N) is 4. The molecule has 0 bridgehead atoms. The van der Waals surface area contributed by atoms with Crippen molar-refractivity contribution in [1.82, 2.24) is 14.2 Å². The highest BCUT2D eigenvalue weighted by atomic mass is 32.2. The zero-order chi connectivity index (χ0) is 29.4. The highest BCUT2D eigenvalue weighted by Gasteiger charge is 2.42. The van der Waals surface area contributed by atoms with Gasteiger partial charge in [-0.05, 0) is 49.2 Å². The lowest BCUT2D eigenvalue weighted by Gasteiger charge is -2.38. The second-order valence-corrected chi connectivity index (χ2v) is 11.8.